The highest BCUT2D eigenvalue weighted by atomic mass is 16.5. The Balaban J connectivity index is 1.31. The smallest absolute Gasteiger partial charge is 0.162 e. The first-order valence-corrected chi connectivity index (χ1v) is 11.2. The van der Waals surface area contributed by atoms with E-state index in [1.54, 1.807) is 11.4 Å². The molecule has 4 aromatic rings. The third-order valence-corrected chi connectivity index (χ3v) is 6.10. The normalized spacial score (nSPS) is 15.3. The van der Waals surface area contributed by atoms with Crippen LogP contribution in [-0.4, -0.2) is 50.8 Å². The van der Waals surface area contributed by atoms with E-state index in [0.717, 1.165) is 52.4 Å². The molecule has 0 radical (unpaired) electrons. The van der Waals surface area contributed by atoms with Crippen LogP contribution in [0.1, 0.15) is 31.4 Å². The van der Waals surface area contributed by atoms with E-state index >= 15 is 0 Å². The Morgan fingerprint density at radius 2 is 1.81 bits per heavy atom. The van der Waals surface area contributed by atoms with E-state index in [4.69, 9.17) is 4.74 Å². The minimum absolute atomic E-state index is 0.511. The number of likely N-dealkylation sites (tertiary alicyclic amines) is 1. The van der Waals surface area contributed by atoms with Gasteiger partial charge in [0.1, 0.15) is 12.4 Å². The van der Waals surface area contributed by atoms with Gasteiger partial charge < -0.3 is 9.84 Å². The largest absolute Gasteiger partial charge is 0.492 e. The molecule has 0 saturated carbocycles. The van der Waals surface area contributed by atoms with Gasteiger partial charge in [-0.3, -0.25) is 4.90 Å². The van der Waals surface area contributed by atoms with Crippen molar-refractivity contribution in [2.75, 3.05) is 26.2 Å². The van der Waals surface area contributed by atoms with Gasteiger partial charge in [0.15, 0.2) is 5.65 Å². The van der Waals surface area contributed by atoms with Gasteiger partial charge in [0.05, 0.1) is 12.3 Å². The van der Waals surface area contributed by atoms with Crippen LogP contribution in [0.3, 0.4) is 0 Å². The molecule has 0 unspecified atom stereocenters. The zero-order valence-electron chi connectivity index (χ0n) is 18.3. The molecule has 0 amide bonds. The monoisotopic (exact) mass is 428 g/mol. The molecule has 1 aliphatic heterocycles. The fraction of sp³-hybridized carbons (Fsp3) is 0.308. The van der Waals surface area contributed by atoms with Crippen LogP contribution >= 0.6 is 0 Å². The van der Waals surface area contributed by atoms with Crippen molar-refractivity contribution < 1.29 is 9.84 Å². The number of nitrogens with zero attached hydrogens (tertiary/aromatic N) is 4. The highest BCUT2D eigenvalue weighted by molar-refractivity contribution is 5.78. The number of rotatable bonds is 7. The molecule has 5 rings (SSSR count). The van der Waals surface area contributed by atoms with Gasteiger partial charge in [-0.15, -0.1) is 0 Å². The number of aromatic nitrogens is 3. The standard InChI is InChI=1S/C26H28N4O2/c1-19(31)21-5-4-6-22(15-21)25-17-28-30-18-23(16-27-26(25)30)20-7-9-24(10-8-20)32-14-13-29-11-2-3-12-29/h4-10,15-19,31H,2-3,11-14H2,1H3/t19-/m1/s1. The van der Waals surface area contributed by atoms with Gasteiger partial charge in [-0.05, 0) is 67.7 Å². The Morgan fingerprint density at radius 1 is 1.00 bits per heavy atom. The SMILES string of the molecule is C[C@@H](O)c1cccc(-c2cnn3cc(-c4ccc(OCCN5CCCC5)cc4)cnc23)c1. The van der Waals surface area contributed by atoms with Crippen LogP contribution in [0.4, 0.5) is 0 Å². The van der Waals surface area contributed by atoms with E-state index in [0.29, 0.717) is 0 Å². The van der Waals surface area contributed by atoms with Crippen molar-refractivity contribution in [2.45, 2.75) is 25.9 Å². The predicted octanol–water partition coefficient (Wildman–Crippen LogP) is 4.59. The molecule has 3 heterocycles. The summed E-state index contributed by atoms with van der Waals surface area (Å²) >= 11 is 0. The molecule has 6 nitrogen and oxygen atoms in total. The summed E-state index contributed by atoms with van der Waals surface area (Å²) in [5.41, 5.74) is 5.67. The lowest BCUT2D eigenvalue weighted by molar-refractivity contribution is 0.199. The van der Waals surface area contributed by atoms with Crippen LogP contribution in [0.5, 0.6) is 5.75 Å². The van der Waals surface area contributed by atoms with Crippen molar-refractivity contribution in [2.24, 2.45) is 0 Å². The first-order chi connectivity index (χ1) is 15.7. The summed E-state index contributed by atoms with van der Waals surface area (Å²) in [5, 5.41) is 14.4. The third kappa shape index (κ3) is 4.38. The average Bonchev–Trinajstić information content (AvgIpc) is 3.49. The van der Waals surface area contributed by atoms with Crippen molar-refractivity contribution in [3.05, 3.63) is 72.7 Å². The zero-order chi connectivity index (χ0) is 21.9. The second kappa shape index (κ2) is 9.10. The lowest BCUT2D eigenvalue weighted by Gasteiger charge is -2.15. The minimum atomic E-state index is -0.511. The maximum atomic E-state index is 9.89. The van der Waals surface area contributed by atoms with Gasteiger partial charge in [-0.25, -0.2) is 9.50 Å². The van der Waals surface area contributed by atoms with Crippen LogP contribution < -0.4 is 4.74 Å². The van der Waals surface area contributed by atoms with Crippen molar-refractivity contribution >= 4 is 5.65 Å². The highest BCUT2D eigenvalue weighted by Crippen LogP contribution is 2.28. The number of aliphatic hydroxyl groups is 1. The van der Waals surface area contributed by atoms with Gasteiger partial charge in [-0.1, -0.05) is 30.3 Å². The van der Waals surface area contributed by atoms with Crippen molar-refractivity contribution in [3.8, 4) is 28.0 Å². The Hall–Kier alpha value is -3.22. The lowest BCUT2D eigenvalue weighted by atomic mass is 10.0. The number of hydrogen-bond acceptors (Lipinski definition) is 5. The van der Waals surface area contributed by atoms with Gasteiger partial charge in [0.25, 0.3) is 0 Å². The number of benzene rings is 2. The Labute approximate surface area is 188 Å². The number of ether oxygens (including phenoxy) is 1. The Bertz CT molecular complexity index is 1190. The first-order valence-electron chi connectivity index (χ1n) is 11.2. The zero-order valence-corrected chi connectivity index (χ0v) is 18.3. The first kappa shape index (κ1) is 20.7. The number of aliphatic hydroxyl groups excluding tert-OH is 1. The van der Waals surface area contributed by atoms with E-state index in [1.807, 2.05) is 55.0 Å². The maximum absolute atomic E-state index is 9.89. The van der Waals surface area contributed by atoms with Crippen LogP contribution in [0.2, 0.25) is 0 Å². The molecule has 2 aromatic heterocycles. The van der Waals surface area contributed by atoms with Crippen LogP contribution in [-0.2, 0) is 0 Å². The quantitative estimate of drug-likeness (QED) is 0.466. The molecule has 32 heavy (non-hydrogen) atoms. The molecular formula is C26H28N4O2. The van der Waals surface area contributed by atoms with E-state index in [2.05, 4.69) is 27.1 Å². The molecule has 1 atom stereocenters. The summed E-state index contributed by atoms with van der Waals surface area (Å²) in [6, 6.07) is 16.0. The number of hydrogen-bond donors (Lipinski definition) is 1. The van der Waals surface area contributed by atoms with Gasteiger partial charge in [0.2, 0.25) is 0 Å². The second-order valence-corrected chi connectivity index (χ2v) is 8.39. The molecule has 1 saturated heterocycles. The molecular weight excluding hydrogens is 400 g/mol. The van der Waals surface area contributed by atoms with Crippen molar-refractivity contribution in [1.29, 1.82) is 0 Å². The molecule has 0 spiro atoms. The molecule has 6 heteroatoms. The fourth-order valence-electron chi connectivity index (χ4n) is 4.24. The molecule has 1 fully saturated rings. The highest BCUT2D eigenvalue weighted by Gasteiger charge is 2.12. The Kier molecular flexibility index (Phi) is 5.88. The second-order valence-electron chi connectivity index (χ2n) is 8.39. The Morgan fingerprint density at radius 3 is 2.59 bits per heavy atom. The maximum Gasteiger partial charge on any atom is 0.162 e. The molecule has 0 bridgehead atoms. The van der Waals surface area contributed by atoms with E-state index in [1.165, 1.54) is 25.9 Å². The van der Waals surface area contributed by atoms with Crippen molar-refractivity contribution in [3.63, 3.8) is 0 Å². The third-order valence-electron chi connectivity index (χ3n) is 6.10. The van der Waals surface area contributed by atoms with Gasteiger partial charge in [-0.2, -0.15) is 5.10 Å². The average molecular weight is 429 g/mol. The van der Waals surface area contributed by atoms with Crippen LogP contribution in [0, 0.1) is 0 Å². The predicted molar refractivity (Wildman–Crippen MR) is 126 cm³/mol. The van der Waals surface area contributed by atoms with E-state index in [9.17, 15) is 5.11 Å². The summed E-state index contributed by atoms with van der Waals surface area (Å²) in [7, 11) is 0. The summed E-state index contributed by atoms with van der Waals surface area (Å²) in [5.74, 6) is 0.890. The summed E-state index contributed by atoms with van der Waals surface area (Å²) < 4.78 is 7.72. The minimum Gasteiger partial charge on any atom is -0.492 e. The van der Waals surface area contributed by atoms with Gasteiger partial charge >= 0.3 is 0 Å². The molecule has 0 aliphatic carbocycles. The van der Waals surface area contributed by atoms with Crippen LogP contribution in [0.25, 0.3) is 27.9 Å². The van der Waals surface area contributed by atoms with E-state index < -0.39 is 6.10 Å². The molecule has 1 aliphatic rings. The van der Waals surface area contributed by atoms with E-state index in [-0.39, 0.29) is 0 Å². The van der Waals surface area contributed by atoms with Gasteiger partial charge in [0, 0.05) is 30.1 Å². The lowest BCUT2D eigenvalue weighted by Crippen LogP contribution is -2.25. The molecule has 164 valence electrons. The molecule has 2 aromatic carbocycles. The number of fused-ring (bicyclic) bond motifs is 1. The van der Waals surface area contributed by atoms with Crippen molar-refractivity contribution in [1.82, 2.24) is 19.5 Å². The summed E-state index contributed by atoms with van der Waals surface area (Å²) in [4.78, 5) is 7.14. The molecule has 1 N–H and O–H groups in total. The summed E-state index contributed by atoms with van der Waals surface area (Å²) in [6.45, 7) is 5.87. The van der Waals surface area contributed by atoms with Crippen LogP contribution in [0.15, 0.2) is 67.1 Å². The topological polar surface area (TPSA) is 62.9 Å². The fourth-order valence-corrected chi connectivity index (χ4v) is 4.24. The summed E-state index contributed by atoms with van der Waals surface area (Å²) in [6.07, 6.45) is 7.79.